The third-order valence-corrected chi connectivity index (χ3v) is 4.36. The molecule has 2 fully saturated rings. The maximum Gasteiger partial charge on any atom is 0.307 e. The van der Waals surface area contributed by atoms with E-state index in [1.807, 2.05) is 0 Å². The molecule has 2 aliphatic rings. The minimum Gasteiger partial charge on any atom is -0.457 e. The first kappa shape index (κ1) is 11.8. The average Bonchev–Trinajstić information content (AvgIpc) is 2.10. The number of ether oxygens (including phenoxy) is 2. The van der Waals surface area contributed by atoms with E-state index in [4.69, 9.17) is 9.47 Å². The number of nitrogens with one attached hydrogen (secondary N) is 1. The van der Waals surface area contributed by atoms with Gasteiger partial charge in [-0.1, -0.05) is 0 Å². The second-order valence-corrected chi connectivity index (χ2v) is 6.35. The number of hydrogen-bond donors (Lipinski definition) is 1. The summed E-state index contributed by atoms with van der Waals surface area (Å²) in [6.45, 7) is 1.30. The summed E-state index contributed by atoms with van der Waals surface area (Å²) >= 11 is 0. The zero-order valence-electron chi connectivity index (χ0n) is 8.85. The van der Waals surface area contributed by atoms with Gasteiger partial charge in [0.2, 0.25) is 0 Å². The normalized spacial score (nSPS) is 29.4. The van der Waals surface area contributed by atoms with Crippen molar-refractivity contribution < 1.29 is 22.7 Å². The van der Waals surface area contributed by atoms with Crippen LogP contribution in [0.4, 0.5) is 0 Å². The lowest BCUT2D eigenvalue weighted by molar-refractivity contribution is -0.172. The SMILES string of the molecule is O=C(CC1CS(=O)(=O)CCN1)OC1COC1. The molecule has 0 aliphatic carbocycles. The molecule has 6 nitrogen and oxygen atoms in total. The summed E-state index contributed by atoms with van der Waals surface area (Å²) in [4.78, 5) is 11.4. The molecule has 1 unspecified atom stereocenters. The fourth-order valence-corrected chi connectivity index (χ4v) is 3.16. The maximum absolute atomic E-state index is 11.4. The van der Waals surface area contributed by atoms with E-state index in [0.29, 0.717) is 19.8 Å². The highest BCUT2D eigenvalue weighted by Gasteiger charge is 2.28. The Balaban J connectivity index is 1.77. The molecule has 2 heterocycles. The fraction of sp³-hybridized carbons (Fsp3) is 0.889. The molecule has 0 aromatic rings. The summed E-state index contributed by atoms with van der Waals surface area (Å²) in [7, 11) is -2.99. The Morgan fingerprint density at radius 2 is 2.19 bits per heavy atom. The first-order chi connectivity index (χ1) is 7.55. The first-order valence-electron chi connectivity index (χ1n) is 5.26. The zero-order chi connectivity index (χ0) is 11.6. The molecule has 0 aromatic heterocycles. The summed E-state index contributed by atoms with van der Waals surface area (Å²) in [6, 6.07) is -0.313. The number of carbonyl (C=O) groups is 1. The van der Waals surface area contributed by atoms with Crippen molar-refractivity contribution in [3.8, 4) is 0 Å². The standard InChI is InChI=1S/C9H15NO5S/c11-9(15-8-4-14-5-8)3-7-6-16(12,13)2-1-10-7/h7-8,10H,1-6H2. The summed E-state index contributed by atoms with van der Waals surface area (Å²) in [5.41, 5.74) is 0. The van der Waals surface area contributed by atoms with Crippen LogP contribution in [0.25, 0.3) is 0 Å². The molecule has 0 aromatic carbocycles. The molecule has 2 rings (SSSR count). The summed E-state index contributed by atoms with van der Waals surface area (Å²) in [6.07, 6.45) is -0.0388. The largest absolute Gasteiger partial charge is 0.457 e. The summed E-state index contributed by atoms with van der Waals surface area (Å²) in [5, 5.41) is 3.00. The number of carbonyl (C=O) groups excluding carboxylic acids is 1. The Kier molecular flexibility index (Phi) is 3.46. The van der Waals surface area contributed by atoms with Gasteiger partial charge in [0.15, 0.2) is 9.84 Å². The number of hydrogen-bond acceptors (Lipinski definition) is 6. The van der Waals surface area contributed by atoms with Crippen LogP contribution in [0.2, 0.25) is 0 Å². The Morgan fingerprint density at radius 1 is 1.44 bits per heavy atom. The van der Waals surface area contributed by atoms with Gasteiger partial charge in [-0.05, 0) is 0 Å². The highest BCUT2D eigenvalue weighted by Crippen LogP contribution is 2.10. The highest BCUT2D eigenvalue weighted by atomic mass is 32.2. The van der Waals surface area contributed by atoms with Crippen LogP contribution in [0.1, 0.15) is 6.42 Å². The van der Waals surface area contributed by atoms with Gasteiger partial charge >= 0.3 is 5.97 Å². The fourth-order valence-electron chi connectivity index (χ4n) is 1.72. The van der Waals surface area contributed by atoms with Crippen LogP contribution in [0.5, 0.6) is 0 Å². The minimum absolute atomic E-state index is 0.0171. The van der Waals surface area contributed by atoms with Gasteiger partial charge in [-0.2, -0.15) is 0 Å². The van der Waals surface area contributed by atoms with E-state index in [0.717, 1.165) is 0 Å². The Hall–Kier alpha value is -0.660. The molecule has 2 aliphatic heterocycles. The maximum atomic E-state index is 11.4. The molecule has 0 amide bonds. The van der Waals surface area contributed by atoms with Crippen LogP contribution in [0.15, 0.2) is 0 Å². The Morgan fingerprint density at radius 3 is 2.75 bits per heavy atom. The van der Waals surface area contributed by atoms with E-state index in [1.165, 1.54) is 0 Å². The molecule has 92 valence electrons. The monoisotopic (exact) mass is 249 g/mol. The molecule has 1 atom stereocenters. The van der Waals surface area contributed by atoms with Gasteiger partial charge in [0.25, 0.3) is 0 Å². The average molecular weight is 249 g/mol. The van der Waals surface area contributed by atoms with Crippen molar-refractivity contribution in [2.24, 2.45) is 0 Å². The van der Waals surface area contributed by atoms with Crippen LogP contribution in [0.3, 0.4) is 0 Å². The van der Waals surface area contributed by atoms with Gasteiger partial charge in [0, 0.05) is 12.6 Å². The number of rotatable bonds is 3. The van der Waals surface area contributed by atoms with Gasteiger partial charge in [-0.3, -0.25) is 4.79 Å². The van der Waals surface area contributed by atoms with E-state index in [2.05, 4.69) is 5.32 Å². The molecule has 0 saturated carbocycles. The highest BCUT2D eigenvalue weighted by molar-refractivity contribution is 7.91. The summed E-state index contributed by atoms with van der Waals surface area (Å²) < 4.78 is 32.6. The van der Waals surface area contributed by atoms with Crippen LogP contribution < -0.4 is 5.32 Å². The minimum atomic E-state index is -2.99. The second-order valence-electron chi connectivity index (χ2n) is 4.12. The van der Waals surface area contributed by atoms with E-state index < -0.39 is 9.84 Å². The third-order valence-electron chi connectivity index (χ3n) is 2.62. The summed E-state index contributed by atoms with van der Waals surface area (Å²) in [5.74, 6) is -0.193. The molecule has 0 bridgehead atoms. The van der Waals surface area contributed by atoms with Crippen LogP contribution in [0, 0.1) is 0 Å². The lowest BCUT2D eigenvalue weighted by atomic mass is 10.2. The van der Waals surface area contributed by atoms with E-state index in [-0.39, 0.29) is 36.0 Å². The number of sulfone groups is 1. The van der Waals surface area contributed by atoms with Gasteiger partial charge in [0.05, 0.1) is 31.1 Å². The Bertz CT molecular complexity index is 362. The molecule has 0 spiro atoms. The Labute approximate surface area is 94.2 Å². The smallest absolute Gasteiger partial charge is 0.307 e. The van der Waals surface area contributed by atoms with Gasteiger partial charge in [0.1, 0.15) is 6.10 Å². The van der Waals surface area contributed by atoms with Crippen LogP contribution >= 0.6 is 0 Å². The van der Waals surface area contributed by atoms with Crippen molar-refractivity contribution >= 4 is 15.8 Å². The lowest BCUT2D eigenvalue weighted by Crippen LogP contribution is -2.47. The molecule has 2 saturated heterocycles. The lowest BCUT2D eigenvalue weighted by Gasteiger charge is -2.27. The second kappa shape index (κ2) is 4.68. The van der Waals surface area contributed by atoms with Gasteiger partial charge < -0.3 is 14.8 Å². The van der Waals surface area contributed by atoms with E-state index in [1.54, 1.807) is 0 Å². The molecule has 16 heavy (non-hydrogen) atoms. The van der Waals surface area contributed by atoms with Crippen molar-refractivity contribution in [2.75, 3.05) is 31.3 Å². The molecule has 0 radical (unpaired) electrons. The predicted octanol–water partition coefficient (Wildman–Crippen LogP) is -1.29. The van der Waals surface area contributed by atoms with Crippen molar-refractivity contribution in [1.29, 1.82) is 0 Å². The van der Waals surface area contributed by atoms with Crippen molar-refractivity contribution in [1.82, 2.24) is 5.32 Å². The van der Waals surface area contributed by atoms with Crippen LogP contribution in [-0.4, -0.2) is 57.8 Å². The zero-order valence-corrected chi connectivity index (χ0v) is 9.66. The van der Waals surface area contributed by atoms with Crippen molar-refractivity contribution in [3.63, 3.8) is 0 Å². The van der Waals surface area contributed by atoms with E-state index in [9.17, 15) is 13.2 Å². The predicted molar refractivity (Wildman–Crippen MR) is 55.8 cm³/mol. The first-order valence-corrected chi connectivity index (χ1v) is 7.08. The molecule has 1 N–H and O–H groups in total. The van der Waals surface area contributed by atoms with Crippen LogP contribution in [-0.2, 0) is 24.1 Å². The van der Waals surface area contributed by atoms with Crippen molar-refractivity contribution in [3.05, 3.63) is 0 Å². The van der Waals surface area contributed by atoms with Crippen molar-refractivity contribution in [2.45, 2.75) is 18.6 Å². The van der Waals surface area contributed by atoms with Gasteiger partial charge in [-0.25, -0.2) is 8.42 Å². The van der Waals surface area contributed by atoms with Gasteiger partial charge in [-0.15, -0.1) is 0 Å². The van der Waals surface area contributed by atoms with E-state index >= 15 is 0 Å². The quantitative estimate of drug-likeness (QED) is 0.626. The molecular formula is C9H15NO5S. The third kappa shape index (κ3) is 3.16. The molecule has 7 heteroatoms. The topological polar surface area (TPSA) is 81.7 Å². The molecular weight excluding hydrogens is 234 g/mol. The number of esters is 1.